The molecule has 0 saturated heterocycles. The molecular formula is C21H23N5O. The Morgan fingerprint density at radius 1 is 1.11 bits per heavy atom. The average Bonchev–Trinajstić information content (AvgIpc) is 3.27. The van der Waals surface area contributed by atoms with E-state index in [1.165, 1.54) is 0 Å². The van der Waals surface area contributed by atoms with Crippen LogP contribution in [0, 0.1) is 6.92 Å². The predicted octanol–water partition coefficient (Wildman–Crippen LogP) is 4.13. The maximum absolute atomic E-state index is 5.38. The number of anilines is 1. The summed E-state index contributed by atoms with van der Waals surface area (Å²) in [6.45, 7) is 8.01. The van der Waals surface area contributed by atoms with Gasteiger partial charge < -0.3 is 9.32 Å². The topological polar surface area (TPSA) is 59.5 Å². The monoisotopic (exact) mass is 361 g/mol. The zero-order valence-corrected chi connectivity index (χ0v) is 15.9. The van der Waals surface area contributed by atoms with Crippen LogP contribution in [0.3, 0.4) is 0 Å². The van der Waals surface area contributed by atoms with Crippen LogP contribution < -0.4 is 4.90 Å². The number of pyridine rings is 2. The normalized spacial score (nSPS) is 11.2. The van der Waals surface area contributed by atoms with Crippen molar-refractivity contribution in [3.05, 3.63) is 66.1 Å². The Hall–Kier alpha value is -3.15. The Kier molecular flexibility index (Phi) is 4.62. The first-order valence-electron chi connectivity index (χ1n) is 9.28. The van der Waals surface area contributed by atoms with E-state index < -0.39 is 0 Å². The largest absolute Gasteiger partial charge is 0.449 e. The highest BCUT2D eigenvalue weighted by atomic mass is 16.3. The van der Waals surface area contributed by atoms with Gasteiger partial charge >= 0.3 is 0 Å². The summed E-state index contributed by atoms with van der Waals surface area (Å²) in [7, 11) is 0. The lowest BCUT2D eigenvalue weighted by molar-refractivity contribution is 0.520. The van der Waals surface area contributed by atoms with Gasteiger partial charge in [-0.1, -0.05) is 6.07 Å². The van der Waals surface area contributed by atoms with Gasteiger partial charge in [-0.2, -0.15) is 5.10 Å². The van der Waals surface area contributed by atoms with Gasteiger partial charge in [0.1, 0.15) is 12.1 Å². The molecule has 0 N–H and O–H groups in total. The van der Waals surface area contributed by atoms with E-state index in [9.17, 15) is 0 Å². The molecule has 27 heavy (non-hydrogen) atoms. The fourth-order valence-electron chi connectivity index (χ4n) is 3.39. The molecule has 0 aliphatic heterocycles. The summed E-state index contributed by atoms with van der Waals surface area (Å²) in [5, 5.41) is 4.81. The zero-order chi connectivity index (χ0) is 18.8. The van der Waals surface area contributed by atoms with Gasteiger partial charge in [-0.15, -0.1) is 0 Å². The van der Waals surface area contributed by atoms with Gasteiger partial charge in [0.05, 0.1) is 16.9 Å². The molecule has 0 amide bonds. The zero-order valence-electron chi connectivity index (χ0n) is 15.9. The number of hydrogen-bond donors (Lipinski definition) is 0. The van der Waals surface area contributed by atoms with Crippen molar-refractivity contribution in [1.29, 1.82) is 0 Å². The Morgan fingerprint density at radius 2 is 1.96 bits per heavy atom. The van der Waals surface area contributed by atoms with Gasteiger partial charge in [-0.3, -0.25) is 0 Å². The van der Waals surface area contributed by atoms with Gasteiger partial charge in [0, 0.05) is 50.0 Å². The Morgan fingerprint density at radius 3 is 2.63 bits per heavy atom. The van der Waals surface area contributed by atoms with Gasteiger partial charge in [0.15, 0.2) is 5.89 Å². The third kappa shape index (κ3) is 3.30. The Bertz CT molecular complexity index is 1040. The number of rotatable bonds is 6. The minimum Gasteiger partial charge on any atom is -0.449 e. The molecule has 4 aromatic heterocycles. The summed E-state index contributed by atoms with van der Waals surface area (Å²) in [6, 6.07) is 10.3. The minimum absolute atomic E-state index is 0.665. The maximum atomic E-state index is 5.38. The third-order valence-corrected chi connectivity index (χ3v) is 4.78. The number of fused-ring (bicyclic) bond motifs is 1. The molecule has 4 aromatic rings. The van der Waals surface area contributed by atoms with Crippen LogP contribution in [0.15, 0.2) is 53.4 Å². The molecule has 0 aliphatic rings. The van der Waals surface area contributed by atoms with Gasteiger partial charge in [-0.05, 0) is 38.1 Å². The fraction of sp³-hybridized carbons (Fsp3) is 0.286. The Labute approximate surface area is 158 Å². The van der Waals surface area contributed by atoms with Crippen molar-refractivity contribution >= 4 is 11.3 Å². The number of hydrogen-bond acceptors (Lipinski definition) is 5. The summed E-state index contributed by atoms with van der Waals surface area (Å²) < 4.78 is 7.29. The van der Waals surface area contributed by atoms with E-state index >= 15 is 0 Å². The molecule has 0 aliphatic carbocycles. The van der Waals surface area contributed by atoms with E-state index in [0.717, 1.165) is 46.9 Å². The second-order valence-corrected chi connectivity index (χ2v) is 6.47. The van der Waals surface area contributed by atoms with E-state index in [4.69, 9.17) is 9.52 Å². The van der Waals surface area contributed by atoms with Crippen LogP contribution in [0.1, 0.15) is 31.0 Å². The first kappa shape index (κ1) is 17.3. The van der Waals surface area contributed by atoms with Crippen LogP contribution in [0.5, 0.6) is 0 Å². The number of aryl methyl sites for hydroxylation is 1. The average molecular weight is 361 g/mol. The second kappa shape index (κ2) is 7.23. The summed E-state index contributed by atoms with van der Waals surface area (Å²) in [5.74, 6) is 1.66. The summed E-state index contributed by atoms with van der Waals surface area (Å²) in [6.07, 6.45) is 6.26. The molecule has 4 heterocycles. The van der Waals surface area contributed by atoms with Crippen LogP contribution in [-0.2, 0) is 6.42 Å². The van der Waals surface area contributed by atoms with E-state index in [1.807, 2.05) is 36.0 Å². The van der Waals surface area contributed by atoms with E-state index in [1.54, 1.807) is 6.26 Å². The van der Waals surface area contributed by atoms with Crippen molar-refractivity contribution in [2.24, 2.45) is 0 Å². The Balaban J connectivity index is 1.77. The lowest BCUT2D eigenvalue weighted by Crippen LogP contribution is -2.22. The molecule has 0 bridgehead atoms. The smallest absolute Gasteiger partial charge is 0.191 e. The highest BCUT2D eigenvalue weighted by Crippen LogP contribution is 2.28. The molecule has 6 nitrogen and oxygen atoms in total. The first-order valence-corrected chi connectivity index (χ1v) is 9.28. The van der Waals surface area contributed by atoms with Crippen molar-refractivity contribution in [1.82, 2.24) is 19.6 Å². The minimum atomic E-state index is 0.665. The van der Waals surface area contributed by atoms with Crippen LogP contribution in [-0.4, -0.2) is 32.7 Å². The molecule has 4 rings (SSSR count). The highest BCUT2D eigenvalue weighted by molar-refractivity contribution is 5.73. The highest BCUT2D eigenvalue weighted by Gasteiger charge is 2.17. The van der Waals surface area contributed by atoms with Crippen molar-refractivity contribution < 1.29 is 4.42 Å². The lowest BCUT2D eigenvalue weighted by atomic mass is 10.0. The number of oxazole rings is 1. The van der Waals surface area contributed by atoms with Crippen molar-refractivity contribution in [2.75, 3.05) is 18.0 Å². The van der Waals surface area contributed by atoms with Crippen molar-refractivity contribution in [2.45, 2.75) is 27.2 Å². The van der Waals surface area contributed by atoms with Crippen molar-refractivity contribution in [3.63, 3.8) is 0 Å². The molecule has 0 radical (unpaired) electrons. The van der Waals surface area contributed by atoms with Crippen LogP contribution >= 0.6 is 0 Å². The van der Waals surface area contributed by atoms with E-state index in [0.29, 0.717) is 12.3 Å². The molecule has 6 heteroatoms. The van der Waals surface area contributed by atoms with Crippen molar-refractivity contribution in [3.8, 4) is 11.3 Å². The summed E-state index contributed by atoms with van der Waals surface area (Å²) in [5.41, 5.74) is 5.03. The molecule has 0 aromatic carbocycles. The first-order chi connectivity index (χ1) is 13.2. The van der Waals surface area contributed by atoms with Crippen LogP contribution in [0.25, 0.3) is 16.8 Å². The predicted molar refractivity (Wildman–Crippen MR) is 106 cm³/mol. The number of aromatic nitrogens is 4. The molecule has 0 spiro atoms. The molecule has 0 saturated carbocycles. The maximum Gasteiger partial charge on any atom is 0.191 e. The molecule has 0 fully saturated rings. The van der Waals surface area contributed by atoms with Gasteiger partial charge in [0.2, 0.25) is 0 Å². The molecule has 0 unspecified atom stereocenters. The van der Waals surface area contributed by atoms with Crippen LogP contribution in [0.4, 0.5) is 5.82 Å². The molecule has 138 valence electrons. The molecular weight excluding hydrogens is 338 g/mol. The SMILES string of the molecule is CCN(CC)c1ccc(-c2nn3ccccc3c2Cc2coc(C)n2)cn1. The van der Waals surface area contributed by atoms with E-state index in [2.05, 4.69) is 46.9 Å². The quantitative estimate of drug-likeness (QED) is 0.517. The third-order valence-electron chi connectivity index (χ3n) is 4.78. The molecule has 0 atom stereocenters. The van der Waals surface area contributed by atoms with Gasteiger partial charge in [-0.25, -0.2) is 14.5 Å². The second-order valence-electron chi connectivity index (χ2n) is 6.47. The standard InChI is InChI=1S/C21H23N5O/c1-4-25(5-2)20-10-9-16(13-22-20)21-18(12-17-14-27-15(3)23-17)19-8-6-7-11-26(19)24-21/h6-11,13-14H,4-5,12H2,1-3H3. The van der Waals surface area contributed by atoms with Gasteiger partial charge in [0.25, 0.3) is 0 Å². The van der Waals surface area contributed by atoms with Crippen LogP contribution in [0.2, 0.25) is 0 Å². The van der Waals surface area contributed by atoms with E-state index in [-0.39, 0.29) is 0 Å². The number of nitrogens with zero attached hydrogens (tertiary/aromatic N) is 5. The summed E-state index contributed by atoms with van der Waals surface area (Å²) >= 11 is 0. The summed E-state index contributed by atoms with van der Waals surface area (Å²) in [4.78, 5) is 11.4. The lowest BCUT2D eigenvalue weighted by Gasteiger charge is -2.19. The fourth-order valence-corrected chi connectivity index (χ4v) is 3.39.